The predicted molar refractivity (Wildman–Crippen MR) is 57.1 cm³/mol. The highest BCUT2D eigenvalue weighted by molar-refractivity contribution is 5.24. The average molecular weight is 238 g/mol. The third kappa shape index (κ3) is 2.58. The zero-order valence-corrected chi connectivity index (χ0v) is 8.79. The molecule has 0 bridgehead atoms. The summed E-state index contributed by atoms with van der Waals surface area (Å²) in [5.41, 5.74) is -0.408. The van der Waals surface area contributed by atoms with Gasteiger partial charge in [0.2, 0.25) is 0 Å². The highest BCUT2D eigenvalue weighted by Gasteiger charge is 2.14. The van der Waals surface area contributed by atoms with Crippen LogP contribution in [0.3, 0.4) is 0 Å². The van der Waals surface area contributed by atoms with Gasteiger partial charge >= 0.3 is 0 Å². The highest BCUT2D eigenvalue weighted by atomic mass is 19.2. The van der Waals surface area contributed by atoms with E-state index < -0.39 is 23.0 Å². The number of rotatable bonds is 3. The molecular formula is C13H9F3O. The summed E-state index contributed by atoms with van der Waals surface area (Å²) in [6.45, 7) is -0.348. The molecule has 0 heterocycles. The van der Waals surface area contributed by atoms with Gasteiger partial charge in [0.15, 0.2) is 11.6 Å². The first-order chi connectivity index (χ1) is 8.18. The lowest BCUT2D eigenvalue weighted by molar-refractivity contribution is 0.289. The molecule has 2 aromatic rings. The zero-order chi connectivity index (χ0) is 12.3. The molecule has 2 rings (SSSR count). The van der Waals surface area contributed by atoms with Gasteiger partial charge in [-0.05, 0) is 24.3 Å². The maximum absolute atomic E-state index is 13.3. The Hall–Kier alpha value is -1.97. The van der Waals surface area contributed by atoms with E-state index in [1.54, 1.807) is 30.3 Å². The number of ether oxygens (including phenoxy) is 1. The Labute approximate surface area is 96.5 Å². The van der Waals surface area contributed by atoms with Gasteiger partial charge in [0, 0.05) is 0 Å². The largest absolute Gasteiger partial charge is 0.489 e. The second kappa shape index (κ2) is 4.91. The van der Waals surface area contributed by atoms with Crippen molar-refractivity contribution in [2.75, 3.05) is 0 Å². The maximum atomic E-state index is 13.3. The summed E-state index contributed by atoms with van der Waals surface area (Å²) in [5, 5.41) is 0. The molecule has 0 aliphatic rings. The molecular weight excluding hydrogens is 229 g/mol. The van der Waals surface area contributed by atoms with Crippen LogP contribution in [0.2, 0.25) is 0 Å². The van der Waals surface area contributed by atoms with Crippen molar-refractivity contribution in [1.29, 1.82) is 0 Å². The van der Waals surface area contributed by atoms with Gasteiger partial charge < -0.3 is 4.74 Å². The molecule has 1 nitrogen and oxygen atoms in total. The molecule has 0 N–H and O–H groups in total. The average Bonchev–Trinajstić information content (AvgIpc) is 2.35. The van der Waals surface area contributed by atoms with Crippen LogP contribution in [-0.4, -0.2) is 0 Å². The Kier molecular flexibility index (Phi) is 3.32. The van der Waals surface area contributed by atoms with E-state index in [1.165, 1.54) is 0 Å². The SMILES string of the molecule is Fc1ccc(F)c(COc2ccccc2)c1F. The van der Waals surface area contributed by atoms with E-state index in [2.05, 4.69) is 0 Å². The number of para-hydroxylation sites is 1. The molecule has 0 atom stereocenters. The van der Waals surface area contributed by atoms with Gasteiger partial charge in [0.1, 0.15) is 18.2 Å². The Morgan fingerprint density at radius 3 is 2.18 bits per heavy atom. The van der Waals surface area contributed by atoms with Gasteiger partial charge in [-0.15, -0.1) is 0 Å². The molecule has 0 spiro atoms. The summed E-state index contributed by atoms with van der Waals surface area (Å²) in [6.07, 6.45) is 0. The molecule has 0 saturated heterocycles. The first kappa shape index (κ1) is 11.5. The third-order valence-electron chi connectivity index (χ3n) is 2.27. The first-order valence-electron chi connectivity index (χ1n) is 4.98. The van der Waals surface area contributed by atoms with Gasteiger partial charge in [0.05, 0.1) is 5.56 Å². The van der Waals surface area contributed by atoms with Crippen molar-refractivity contribution >= 4 is 0 Å². The fourth-order valence-corrected chi connectivity index (χ4v) is 1.37. The normalized spacial score (nSPS) is 10.3. The Morgan fingerprint density at radius 1 is 0.824 bits per heavy atom. The summed E-state index contributed by atoms with van der Waals surface area (Å²) in [6, 6.07) is 10.2. The second-order valence-corrected chi connectivity index (χ2v) is 3.42. The van der Waals surface area contributed by atoms with Crippen LogP contribution in [0.4, 0.5) is 13.2 Å². The molecule has 0 amide bonds. The van der Waals surface area contributed by atoms with Gasteiger partial charge in [-0.2, -0.15) is 0 Å². The molecule has 0 fully saturated rings. The molecule has 0 aromatic heterocycles. The molecule has 4 heteroatoms. The van der Waals surface area contributed by atoms with E-state index in [9.17, 15) is 13.2 Å². The lowest BCUT2D eigenvalue weighted by Crippen LogP contribution is -2.03. The fraction of sp³-hybridized carbons (Fsp3) is 0.0769. The van der Waals surface area contributed by atoms with E-state index in [-0.39, 0.29) is 6.61 Å². The molecule has 17 heavy (non-hydrogen) atoms. The monoisotopic (exact) mass is 238 g/mol. The number of benzene rings is 2. The summed E-state index contributed by atoms with van der Waals surface area (Å²) in [7, 11) is 0. The van der Waals surface area contributed by atoms with Crippen molar-refractivity contribution in [1.82, 2.24) is 0 Å². The van der Waals surface area contributed by atoms with Crippen LogP contribution in [0, 0.1) is 17.5 Å². The summed E-state index contributed by atoms with van der Waals surface area (Å²) in [4.78, 5) is 0. The molecule has 2 aromatic carbocycles. The molecule has 0 aliphatic carbocycles. The van der Waals surface area contributed by atoms with Gasteiger partial charge in [-0.1, -0.05) is 18.2 Å². The number of halogens is 3. The third-order valence-corrected chi connectivity index (χ3v) is 2.27. The standard InChI is InChI=1S/C13H9F3O/c14-11-6-7-12(15)13(16)10(11)8-17-9-4-2-1-3-5-9/h1-7H,8H2. The Balaban J connectivity index is 2.17. The van der Waals surface area contributed by atoms with Crippen LogP contribution in [0.5, 0.6) is 5.75 Å². The van der Waals surface area contributed by atoms with Gasteiger partial charge in [-0.3, -0.25) is 0 Å². The quantitative estimate of drug-likeness (QED) is 0.741. The van der Waals surface area contributed by atoms with Crippen molar-refractivity contribution in [2.24, 2.45) is 0 Å². The predicted octanol–water partition coefficient (Wildman–Crippen LogP) is 3.68. The van der Waals surface area contributed by atoms with Crippen LogP contribution in [0.1, 0.15) is 5.56 Å². The molecule has 88 valence electrons. The minimum absolute atomic E-state index is 0.348. The zero-order valence-electron chi connectivity index (χ0n) is 8.79. The second-order valence-electron chi connectivity index (χ2n) is 3.42. The van der Waals surface area contributed by atoms with Crippen molar-refractivity contribution in [3.05, 3.63) is 65.5 Å². The number of hydrogen-bond donors (Lipinski definition) is 0. The van der Waals surface area contributed by atoms with Crippen LogP contribution in [-0.2, 0) is 6.61 Å². The fourth-order valence-electron chi connectivity index (χ4n) is 1.37. The smallest absolute Gasteiger partial charge is 0.168 e. The van der Waals surface area contributed by atoms with E-state index in [0.717, 1.165) is 12.1 Å². The van der Waals surface area contributed by atoms with E-state index in [0.29, 0.717) is 5.75 Å². The highest BCUT2D eigenvalue weighted by Crippen LogP contribution is 2.18. The Bertz CT molecular complexity index is 512. The first-order valence-corrected chi connectivity index (χ1v) is 4.98. The van der Waals surface area contributed by atoms with Gasteiger partial charge in [-0.25, -0.2) is 13.2 Å². The lowest BCUT2D eigenvalue weighted by Gasteiger charge is -2.08. The van der Waals surface area contributed by atoms with Crippen LogP contribution >= 0.6 is 0 Å². The van der Waals surface area contributed by atoms with Crippen molar-refractivity contribution < 1.29 is 17.9 Å². The van der Waals surface area contributed by atoms with E-state index >= 15 is 0 Å². The molecule has 0 radical (unpaired) electrons. The van der Waals surface area contributed by atoms with E-state index in [4.69, 9.17) is 4.74 Å². The maximum Gasteiger partial charge on any atom is 0.168 e. The summed E-state index contributed by atoms with van der Waals surface area (Å²) < 4.78 is 44.6. The van der Waals surface area contributed by atoms with Gasteiger partial charge in [0.25, 0.3) is 0 Å². The van der Waals surface area contributed by atoms with Crippen molar-refractivity contribution in [3.8, 4) is 5.75 Å². The minimum atomic E-state index is -1.21. The lowest BCUT2D eigenvalue weighted by atomic mass is 10.2. The van der Waals surface area contributed by atoms with Crippen molar-refractivity contribution in [2.45, 2.75) is 6.61 Å². The topological polar surface area (TPSA) is 9.23 Å². The molecule has 0 aliphatic heterocycles. The Morgan fingerprint density at radius 2 is 1.47 bits per heavy atom. The summed E-state index contributed by atoms with van der Waals surface area (Å²) >= 11 is 0. The van der Waals surface area contributed by atoms with Crippen LogP contribution in [0.15, 0.2) is 42.5 Å². The summed E-state index contributed by atoms with van der Waals surface area (Å²) in [5.74, 6) is -2.64. The molecule has 0 unspecified atom stereocenters. The number of hydrogen-bond acceptors (Lipinski definition) is 1. The van der Waals surface area contributed by atoms with Crippen LogP contribution in [0.25, 0.3) is 0 Å². The minimum Gasteiger partial charge on any atom is -0.489 e. The molecule has 0 saturated carbocycles. The van der Waals surface area contributed by atoms with Crippen LogP contribution < -0.4 is 4.74 Å². The van der Waals surface area contributed by atoms with Crippen molar-refractivity contribution in [3.63, 3.8) is 0 Å². The van der Waals surface area contributed by atoms with E-state index in [1.807, 2.05) is 0 Å².